The number of nitrogens with zero attached hydrogens (tertiary/aromatic N) is 1. The van der Waals surface area contributed by atoms with Crippen LogP contribution in [0.4, 0.5) is 20.2 Å². The van der Waals surface area contributed by atoms with E-state index >= 15 is 0 Å². The first-order valence-electron chi connectivity index (χ1n) is 7.43. The SMILES string of the molecule is O=C(Nc1cc(Br)ccc1N1CCOCC1)c1ccc(F)cc1F. The summed E-state index contributed by atoms with van der Waals surface area (Å²) in [6, 6.07) is 8.39. The Kier molecular flexibility index (Phi) is 5.11. The fraction of sp³-hybridized carbons (Fsp3) is 0.235. The lowest BCUT2D eigenvalue weighted by molar-refractivity contribution is 0.102. The first kappa shape index (κ1) is 16.9. The molecule has 7 heteroatoms. The molecule has 0 atom stereocenters. The third kappa shape index (κ3) is 3.73. The Bertz CT molecular complexity index is 764. The molecule has 0 saturated carbocycles. The summed E-state index contributed by atoms with van der Waals surface area (Å²) in [7, 11) is 0. The van der Waals surface area contributed by atoms with Gasteiger partial charge in [0.15, 0.2) is 0 Å². The molecule has 1 aliphatic rings. The zero-order chi connectivity index (χ0) is 17.1. The van der Waals surface area contributed by atoms with E-state index < -0.39 is 17.5 Å². The lowest BCUT2D eigenvalue weighted by Crippen LogP contribution is -2.36. The van der Waals surface area contributed by atoms with Gasteiger partial charge >= 0.3 is 0 Å². The van der Waals surface area contributed by atoms with Crippen molar-refractivity contribution in [2.75, 3.05) is 36.5 Å². The van der Waals surface area contributed by atoms with Gasteiger partial charge in [0.25, 0.3) is 5.91 Å². The predicted molar refractivity (Wildman–Crippen MR) is 91.5 cm³/mol. The molecule has 1 aliphatic heterocycles. The highest BCUT2D eigenvalue weighted by molar-refractivity contribution is 9.10. The number of rotatable bonds is 3. The molecule has 0 radical (unpaired) electrons. The molecule has 1 fully saturated rings. The summed E-state index contributed by atoms with van der Waals surface area (Å²) < 4.78 is 32.9. The maximum Gasteiger partial charge on any atom is 0.258 e. The lowest BCUT2D eigenvalue weighted by atomic mass is 10.1. The van der Waals surface area contributed by atoms with Crippen molar-refractivity contribution in [2.45, 2.75) is 0 Å². The minimum Gasteiger partial charge on any atom is -0.378 e. The number of carbonyl (C=O) groups is 1. The van der Waals surface area contributed by atoms with Crippen molar-refractivity contribution in [2.24, 2.45) is 0 Å². The van der Waals surface area contributed by atoms with Gasteiger partial charge in [0.2, 0.25) is 0 Å². The number of anilines is 2. The van der Waals surface area contributed by atoms with E-state index in [1.807, 2.05) is 12.1 Å². The zero-order valence-electron chi connectivity index (χ0n) is 12.7. The number of hydrogen-bond acceptors (Lipinski definition) is 3. The second-order valence-electron chi connectivity index (χ2n) is 5.34. The third-order valence-corrected chi connectivity index (χ3v) is 4.23. The van der Waals surface area contributed by atoms with E-state index in [9.17, 15) is 13.6 Å². The molecule has 126 valence electrons. The smallest absolute Gasteiger partial charge is 0.258 e. The fourth-order valence-corrected chi connectivity index (χ4v) is 2.91. The van der Waals surface area contributed by atoms with E-state index in [-0.39, 0.29) is 5.56 Å². The lowest BCUT2D eigenvalue weighted by Gasteiger charge is -2.30. The van der Waals surface area contributed by atoms with Gasteiger partial charge in [-0.05, 0) is 30.3 Å². The van der Waals surface area contributed by atoms with Crippen LogP contribution in [-0.4, -0.2) is 32.2 Å². The highest BCUT2D eigenvalue weighted by Crippen LogP contribution is 2.30. The largest absolute Gasteiger partial charge is 0.378 e. The summed E-state index contributed by atoms with van der Waals surface area (Å²) in [6.07, 6.45) is 0. The number of carbonyl (C=O) groups excluding carboxylic acids is 1. The van der Waals surface area contributed by atoms with Crippen LogP contribution in [0, 0.1) is 11.6 Å². The van der Waals surface area contributed by atoms with Crippen LogP contribution in [0.15, 0.2) is 40.9 Å². The molecule has 0 aliphatic carbocycles. The van der Waals surface area contributed by atoms with Crippen molar-refractivity contribution in [1.82, 2.24) is 0 Å². The molecule has 2 aromatic rings. The van der Waals surface area contributed by atoms with Crippen molar-refractivity contribution < 1.29 is 18.3 Å². The van der Waals surface area contributed by atoms with Crippen LogP contribution in [-0.2, 0) is 4.74 Å². The molecule has 4 nitrogen and oxygen atoms in total. The average Bonchev–Trinajstić information content (AvgIpc) is 2.55. The third-order valence-electron chi connectivity index (χ3n) is 3.73. The van der Waals surface area contributed by atoms with Crippen LogP contribution in [0.25, 0.3) is 0 Å². The van der Waals surface area contributed by atoms with Gasteiger partial charge in [0.05, 0.1) is 30.2 Å². The van der Waals surface area contributed by atoms with Gasteiger partial charge in [-0.2, -0.15) is 0 Å². The second-order valence-corrected chi connectivity index (χ2v) is 6.25. The van der Waals surface area contributed by atoms with Crippen LogP contribution in [0.2, 0.25) is 0 Å². The second kappa shape index (κ2) is 7.27. The number of hydrogen-bond donors (Lipinski definition) is 1. The number of nitrogens with one attached hydrogen (secondary N) is 1. The maximum atomic E-state index is 13.8. The monoisotopic (exact) mass is 396 g/mol. The average molecular weight is 397 g/mol. The van der Waals surface area contributed by atoms with E-state index in [0.29, 0.717) is 38.1 Å². The summed E-state index contributed by atoms with van der Waals surface area (Å²) in [5.41, 5.74) is 1.18. The molecule has 24 heavy (non-hydrogen) atoms. The van der Waals surface area contributed by atoms with Crippen molar-refractivity contribution in [3.8, 4) is 0 Å². The quantitative estimate of drug-likeness (QED) is 0.857. The first-order valence-corrected chi connectivity index (χ1v) is 8.22. The number of ether oxygens (including phenoxy) is 1. The molecular weight excluding hydrogens is 382 g/mol. The normalized spacial score (nSPS) is 14.5. The van der Waals surface area contributed by atoms with E-state index in [1.165, 1.54) is 0 Å². The van der Waals surface area contributed by atoms with Gasteiger partial charge in [0.1, 0.15) is 11.6 Å². The standard InChI is InChI=1S/C17H15BrF2N2O2/c18-11-1-4-16(22-5-7-24-8-6-22)15(9-11)21-17(23)13-3-2-12(19)10-14(13)20/h1-4,9-10H,5-8H2,(H,21,23). The Hall–Kier alpha value is -1.99. The minimum atomic E-state index is -0.893. The molecule has 2 aromatic carbocycles. The van der Waals surface area contributed by atoms with Gasteiger partial charge < -0.3 is 15.0 Å². The minimum absolute atomic E-state index is 0.204. The molecule has 1 amide bonds. The summed E-state index contributed by atoms with van der Waals surface area (Å²) in [4.78, 5) is 14.5. The topological polar surface area (TPSA) is 41.6 Å². The van der Waals surface area contributed by atoms with Gasteiger partial charge in [-0.1, -0.05) is 15.9 Å². The van der Waals surface area contributed by atoms with Gasteiger partial charge in [0, 0.05) is 23.6 Å². The van der Waals surface area contributed by atoms with Crippen LogP contribution >= 0.6 is 15.9 Å². The predicted octanol–water partition coefficient (Wildman–Crippen LogP) is 3.82. The molecule has 0 unspecified atom stereocenters. The van der Waals surface area contributed by atoms with E-state index in [4.69, 9.17) is 4.74 Å². The van der Waals surface area contributed by atoms with E-state index in [2.05, 4.69) is 26.1 Å². The molecule has 0 bridgehead atoms. The van der Waals surface area contributed by atoms with Gasteiger partial charge in [-0.25, -0.2) is 8.78 Å². The van der Waals surface area contributed by atoms with Crippen LogP contribution in [0.3, 0.4) is 0 Å². The number of morpholine rings is 1. The van der Waals surface area contributed by atoms with Crippen LogP contribution in [0.1, 0.15) is 10.4 Å². The summed E-state index contributed by atoms with van der Waals surface area (Å²) in [6.45, 7) is 2.62. The van der Waals surface area contributed by atoms with Gasteiger partial charge in [-0.3, -0.25) is 4.79 Å². The number of amides is 1. The maximum absolute atomic E-state index is 13.8. The Balaban J connectivity index is 1.88. The molecule has 1 N–H and O–H groups in total. The van der Waals surface area contributed by atoms with Crippen LogP contribution in [0.5, 0.6) is 0 Å². The Labute approximate surface area is 146 Å². The Morgan fingerprint density at radius 1 is 1.12 bits per heavy atom. The van der Waals surface area contributed by atoms with E-state index in [0.717, 1.165) is 22.3 Å². The Morgan fingerprint density at radius 2 is 1.88 bits per heavy atom. The van der Waals surface area contributed by atoms with Crippen molar-refractivity contribution in [3.05, 3.63) is 58.1 Å². The molecule has 1 heterocycles. The summed E-state index contributed by atoms with van der Waals surface area (Å²) in [5, 5.41) is 2.71. The summed E-state index contributed by atoms with van der Waals surface area (Å²) in [5.74, 6) is -2.24. The fourth-order valence-electron chi connectivity index (χ4n) is 2.55. The highest BCUT2D eigenvalue weighted by Gasteiger charge is 2.18. The van der Waals surface area contributed by atoms with Crippen molar-refractivity contribution in [3.63, 3.8) is 0 Å². The van der Waals surface area contributed by atoms with Gasteiger partial charge in [-0.15, -0.1) is 0 Å². The number of halogens is 3. The molecular formula is C17H15BrF2N2O2. The molecule has 3 rings (SSSR count). The summed E-state index contributed by atoms with van der Waals surface area (Å²) >= 11 is 3.37. The molecule has 0 aromatic heterocycles. The number of benzene rings is 2. The molecule has 0 spiro atoms. The first-order chi connectivity index (χ1) is 11.5. The zero-order valence-corrected chi connectivity index (χ0v) is 14.3. The van der Waals surface area contributed by atoms with E-state index in [1.54, 1.807) is 6.07 Å². The van der Waals surface area contributed by atoms with Crippen LogP contribution < -0.4 is 10.2 Å². The molecule has 1 saturated heterocycles. The Morgan fingerprint density at radius 3 is 2.58 bits per heavy atom. The highest BCUT2D eigenvalue weighted by atomic mass is 79.9. The van der Waals surface area contributed by atoms with Crippen molar-refractivity contribution >= 4 is 33.2 Å². The van der Waals surface area contributed by atoms with Crippen molar-refractivity contribution in [1.29, 1.82) is 0 Å².